The summed E-state index contributed by atoms with van der Waals surface area (Å²) in [5.74, 6) is 1.52. The van der Waals surface area contributed by atoms with E-state index in [9.17, 15) is 14.3 Å². The predicted octanol–water partition coefficient (Wildman–Crippen LogP) is 6.43. The number of halogens is 1. The summed E-state index contributed by atoms with van der Waals surface area (Å²) in [4.78, 5) is 17.5. The minimum atomic E-state index is -1.12. The highest BCUT2D eigenvalue weighted by atomic mass is 19.1. The van der Waals surface area contributed by atoms with Crippen LogP contribution in [0.3, 0.4) is 0 Å². The zero-order chi connectivity index (χ0) is 27.4. The molecule has 0 amide bonds. The van der Waals surface area contributed by atoms with E-state index in [0.29, 0.717) is 67.6 Å². The van der Waals surface area contributed by atoms with Gasteiger partial charge in [-0.3, -0.25) is 4.79 Å². The smallest absolute Gasteiger partial charge is 0.257 e. The van der Waals surface area contributed by atoms with Gasteiger partial charge in [0.05, 0.1) is 16.8 Å². The number of hydrogen-bond donors (Lipinski definition) is 1. The van der Waals surface area contributed by atoms with Crippen molar-refractivity contribution < 1.29 is 18.8 Å². The van der Waals surface area contributed by atoms with Crippen LogP contribution >= 0.6 is 0 Å². The molecule has 0 radical (unpaired) electrons. The minimum absolute atomic E-state index is 0.124. The Morgan fingerprint density at radius 2 is 1.68 bits per heavy atom. The van der Waals surface area contributed by atoms with Gasteiger partial charge >= 0.3 is 0 Å². The van der Waals surface area contributed by atoms with Crippen molar-refractivity contribution >= 4 is 10.9 Å². The molecule has 0 saturated heterocycles. The van der Waals surface area contributed by atoms with Crippen molar-refractivity contribution in [1.82, 2.24) is 14.7 Å². The van der Waals surface area contributed by atoms with E-state index in [4.69, 9.17) is 9.26 Å². The highest BCUT2D eigenvalue weighted by Crippen LogP contribution is 2.37. The van der Waals surface area contributed by atoms with Gasteiger partial charge in [0.15, 0.2) is 17.0 Å². The zero-order valence-corrected chi connectivity index (χ0v) is 22.1. The molecule has 0 atom stereocenters. The quantitative estimate of drug-likeness (QED) is 0.291. The SMILES string of the molecule is Cc1noc(-c2ccc3c(c2)c(=O)c(C)cn3-c2cc(C(C)(C)O)ccc2Oc2c(C)cc(F)cc2C)n1. The van der Waals surface area contributed by atoms with Crippen LogP contribution in [0.15, 0.2) is 64.0 Å². The third kappa shape index (κ3) is 4.59. The van der Waals surface area contributed by atoms with Gasteiger partial charge in [-0.05, 0) is 101 Å². The Morgan fingerprint density at radius 1 is 0.974 bits per heavy atom. The standard InChI is InChI=1S/C30H28FN3O4/c1-16-11-22(31)12-17(2)28(16)37-26-10-8-21(30(5,6)36)14-25(26)34-15-18(3)27(35)23-13-20(7-9-24(23)34)29-32-19(4)33-38-29/h7-15,36H,1-6H3. The highest BCUT2D eigenvalue weighted by Gasteiger charge is 2.21. The number of ether oxygens (including phenoxy) is 1. The fourth-order valence-electron chi connectivity index (χ4n) is 4.55. The lowest BCUT2D eigenvalue weighted by atomic mass is 9.97. The first kappa shape index (κ1) is 25.4. The van der Waals surface area contributed by atoms with Crippen molar-refractivity contribution in [2.24, 2.45) is 0 Å². The van der Waals surface area contributed by atoms with Crippen LogP contribution in [0.25, 0.3) is 28.0 Å². The van der Waals surface area contributed by atoms with Crippen LogP contribution in [0, 0.1) is 33.5 Å². The molecule has 0 aliphatic rings. The Balaban J connectivity index is 1.76. The molecule has 0 saturated carbocycles. The van der Waals surface area contributed by atoms with Crippen LogP contribution in [0.5, 0.6) is 11.5 Å². The maximum atomic E-state index is 14.0. The Bertz CT molecular complexity index is 1740. The van der Waals surface area contributed by atoms with E-state index < -0.39 is 5.60 Å². The average Bonchev–Trinajstić information content (AvgIpc) is 3.29. The maximum absolute atomic E-state index is 14.0. The first-order valence-electron chi connectivity index (χ1n) is 12.2. The summed E-state index contributed by atoms with van der Waals surface area (Å²) in [5.41, 5.74) is 3.11. The molecule has 8 heteroatoms. The lowest BCUT2D eigenvalue weighted by molar-refractivity contribution is 0.0785. The van der Waals surface area contributed by atoms with E-state index >= 15 is 0 Å². The normalized spacial score (nSPS) is 11.8. The second-order valence-electron chi connectivity index (χ2n) is 10.1. The molecule has 5 aromatic rings. The number of nitrogens with zero attached hydrogens (tertiary/aromatic N) is 3. The summed E-state index contributed by atoms with van der Waals surface area (Å²) < 4.78 is 27.5. The summed E-state index contributed by atoms with van der Waals surface area (Å²) in [5, 5.41) is 15.1. The number of rotatable bonds is 5. The molecule has 194 valence electrons. The van der Waals surface area contributed by atoms with Crippen LogP contribution in [0.1, 0.15) is 41.9 Å². The van der Waals surface area contributed by atoms with E-state index in [1.54, 1.807) is 65.9 Å². The molecule has 0 unspecified atom stereocenters. The van der Waals surface area contributed by atoms with E-state index in [1.165, 1.54) is 12.1 Å². The number of fused-ring (bicyclic) bond motifs is 1. The van der Waals surface area contributed by atoms with Crippen molar-refractivity contribution in [1.29, 1.82) is 0 Å². The Kier molecular flexibility index (Phi) is 6.15. The number of hydrogen-bond acceptors (Lipinski definition) is 6. The summed E-state index contributed by atoms with van der Waals surface area (Å²) in [6.07, 6.45) is 1.75. The number of aliphatic hydroxyl groups is 1. The van der Waals surface area contributed by atoms with E-state index in [-0.39, 0.29) is 11.2 Å². The average molecular weight is 514 g/mol. The minimum Gasteiger partial charge on any atom is -0.455 e. The largest absolute Gasteiger partial charge is 0.455 e. The molecule has 1 N–H and O–H groups in total. The van der Waals surface area contributed by atoms with E-state index in [1.807, 2.05) is 22.8 Å². The molecular weight excluding hydrogens is 485 g/mol. The van der Waals surface area contributed by atoms with Gasteiger partial charge in [-0.1, -0.05) is 11.2 Å². The zero-order valence-electron chi connectivity index (χ0n) is 22.1. The Hall–Kier alpha value is -4.30. The molecule has 3 aromatic carbocycles. The molecule has 0 aliphatic heterocycles. The molecule has 5 rings (SSSR count). The van der Waals surface area contributed by atoms with Gasteiger partial charge in [0, 0.05) is 22.7 Å². The van der Waals surface area contributed by atoms with Crippen LogP contribution in [0.4, 0.5) is 4.39 Å². The molecular formula is C30H28FN3O4. The molecule has 0 aliphatic carbocycles. The molecule has 0 spiro atoms. The molecule has 2 heterocycles. The number of aryl methyl sites for hydroxylation is 4. The lowest BCUT2D eigenvalue weighted by Gasteiger charge is -2.23. The molecule has 2 aromatic heterocycles. The van der Waals surface area contributed by atoms with Gasteiger partial charge in [0.25, 0.3) is 5.89 Å². The van der Waals surface area contributed by atoms with Gasteiger partial charge in [-0.2, -0.15) is 4.98 Å². The second-order valence-corrected chi connectivity index (χ2v) is 10.1. The van der Waals surface area contributed by atoms with Crippen molar-refractivity contribution in [3.05, 3.63) is 98.8 Å². The fourth-order valence-corrected chi connectivity index (χ4v) is 4.55. The summed E-state index contributed by atoms with van der Waals surface area (Å²) in [6.45, 7) is 10.5. The van der Waals surface area contributed by atoms with Gasteiger partial charge in [-0.15, -0.1) is 0 Å². The summed E-state index contributed by atoms with van der Waals surface area (Å²) >= 11 is 0. The molecule has 38 heavy (non-hydrogen) atoms. The van der Waals surface area contributed by atoms with Crippen LogP contribution < -0.4 is 10.2 Å². The van der Waals surface area contributed by atoms with Gasteiger partial charge in [0.2, 0.25) is 0 Å². The number of benzene rings is 3. The van der Waals surface area contributed by atoms with Crippen LogP contribution in [0.2, 0.25) is 0 Å². The Morgan fingerprint density at radius 3 is 2.32 bits per heavy atom. The summed E-state index contributed by atoms with van der Waals surface area (Å²) in [6, 6.07) is 13.6. The molecule has 0 bridgehead atoms. The fraction of sp³-hybridized carbons (Fsp3) is 0.233. The van der Waals surface area contributed by atoms with Gasteiger partial charge in [0.1, 0.15) is 11.6 Å². The number of aromatic nitrogens is 3. The van der Waals surface area contributed by atoms with E-state index in [0.717, 1.165) is 0 Å². The topological polar surface area (TPSA) is 90.4 Å². The van der Waals surface area contributed by atoms with E-state index in [2.05, 4.69) is 10.1 Å². The van der Waals surface area contributed by atoms with Crippen molar-refractivity contribution in [3.63, 3.8) is 0 Å². The third-order valence-electron chi connectivity index (χ3n) is 6.52. The maximum Gasteiger partial charge on any atom is 0.257 e. The van der Waals surface area contributed by atoms with Gasteiger partial charge in [-0.25, -0.2) is 4.39 Å². The molecule has 7 nitrogen and oxygen atoms in total. The first-order valence-corrected chi connectivity index (χ1v) is 12.2. The van der Waals surface area contributed by atoms with Crippen LogP contribution in [-0.2, 0) is 5.60 Å². The molecule has 0 fully saturated rings. The van der Waals surface area contributed by atoms with Crippen molar-refractivity contribution in [2.45, 2.75) is 47.1 Å². The number of pyridine rings is 1. The van der Waals surface area contributed by atoms with Crippen molar-refractivity contribution in [3.8, 4) is 28.6 Å². The Labute approximate surface area is 219 Å². The van der Waals surface area contributed by atoms with Crippen molar-refractivity contribution in [2.75, 3.05) is 0 Å². The first-order chi connectivity index (χ1) is 17.9. The third-order valence-corrected chi connectivity index (χ3v) is 6.52. The predicted molar refractivity (Wildman–Crippen MR) is 144 cm³/mol. The van der Waals surface area contributed by atoms with Gasteiger partial charge < -0.3 is 18.9 Å². The van der Waals surface area contributed by atoms with Crippen LogP contribution in [-0.4, -0.2) is 19.8 Å². The highest BCUT2D eigenvalue weighted by molar-refractivity contribution is 5.85. The second kappa shape index (κ2) is 9.22. The summed E-state index contributed by atoms with van der Waals surface area (Å²) in [7, 11) is 0. The monoisotopic (exact) mass is 513 g/mol. The lowest BCUT2D eigenvalue weighted by Crippen LogP contribution is -2.17.